The Labute approximate surface area is 102 Å². The van der Waals surface area contributed by atoms with Gasteiger partial charge in [-0.3, -0.25) is 0 Å². The average molecular weight is 239 g/mol. The number of carbonyl (C=O) groups is 1. The van der Waals surface area contributed by atoms with Gasteiger partial charge in [0.2, 0.25) is 0 Å². The van der Waals surface area contributed by atoms with Crippen LogP contribution in [-0.4, -0.2) is 22.1 Å². The standard InChI is InChI=1S/C12H21N3O2/c1-4-9(5-2)7-15-8-14-10(11(15)13)12(16)17-6-3/h8-9H,4-7,13H2,1-3H3. The number of ether oxygens (including phenoxy) is 1. The third-order valence-electron chi connectivity index (χ3n) is 2.96. The minimum atomic E-state index is -0.451. The first-order valence-corrected chi connectivity index (χ1v) is 6.11. The van der Waals surface area contributed by atoms with Crippen LogP contribution in [-0.2, 0) is 11.3 Å². The van der Waals surface area contributed by atoms with E-state index in [0.29, 0.717) is 18.3 Å². The van der Waals surface area contributed by atoms with E-state index >= 15 is 0 Å². The molecule has 0 aliphatic carbocycles. The molecule has 0 spiro atoms. The zero-order chi connectivity index (χ0) is 12.8. The molecule has 1 rings (SSSR count). The zero-order valence-electron chi connectivity index (χ0n) is 10.8. The highest BCUT2D eigenvalue weighted by molar-refractivity contribution is 5.92. The zero-order valence-corrected chi connectivity index (χ0v) is 10.8. The highest BCUT2D eigenvalue weighted by atomic mass is 16.5. The Morgan fingerprint density at radius 3 is 2.65 bits per heavy atom. The Balaban J connectivity index is 2.79. The van der Waals surface area contributed by atoms with Crippen molar-refractivity contribution < 1.29 is 9.53 Å². The molecular weight excluding hydrogens is 218 g/mol. The van der Waals surface area contributed by atoms with Crippen LogP contribution in [0.15, 0.2) is 6.33 Å². The summed E-state index contributed by atoms with van der Waals surface area (Å²) in [5.74, 6) is 0.505. The SMILES string of the molecule is CCOC(=O)c1ncn(CC(CC)CC)c1N. The monoisotopic (exact) mass is 239 g/mol. The van der Waals surface area contributed by atoms with Gasteiger partial charge in [-0.05, 0) is 12.8 Å². The summed E-state index contributed by atoms with van der Waals surface area (Å²) >= 11 is 0. The van der Waals surface area contributed by atoms with Crippen LogP contribution in [0.1, 0.15) is 44.1 Å². The lowest BCUT2D eigenvalue weighted by Crippen LogP contribution is -2.13. The van der Waals surface area contributed by atoms with Crippen LogP contribution in [0.3, 0.4) is 0 Å². The fourth-order valence-electron chi connectivity index (χ4n) is 1.72. The molecule has 5 nitrogen and oxygen atoms in total. The third kappa shape index (κ3) is 3.22. The largest absolute Gasteiger partial charge is 0.461 e. The number of esters is 1. The van der Waals surface area contributed by atoms with Crippen LogP contribution in [0.4, 0.5) is 5.82 Å². The molecule has 5 heteroatoms. The van der Waals surface area contributed by atoms with Crippen molar-refractivity contribution in [3.05, 3.63) is 12.0 Å². The molecule has 0 bridgehead atoms. The minimum Gasteiger partial charge on any atom is -0.461 e. The maximum Gasteiger partial charge on any atom is 0.360 e. The molecule has 17 heavy (non-hydrogen) atoms. The summed E-state index contributed by atoms with van der Waals surface area (Å²) in [4.78, 5) is 15.5. The Morgan fingerprint density at radius 1 is 1.47 bits per heavy atom. The average Bonchev–Trinajstić information content (AvgIpc) is 2.68. The molecule has 0 aliphatic rings. The predicted octanol–water partition coefficient (Wildman–Crippen LogP) is 2.08. The number of imidazole rings is 1. The molecule has 1 aromatic rings. The van der Waals surface area contributed by atoms with Gasteiger partial charge in [-0.25, -0.2) is 9.78 Å². The lowest BCUT2D eigenvalue weighted by molar-refractivity contribution is 0.0521. The summed E-state index contributed by atoms with van der Waals surface area (Å²) < 4.78 is 6.71. The Bertz CT molecular complexity index is 370. The van der Waals surface area contributed by atoms with Crippen LogP contribution in [0.25, 0.3) is 0 Å². The number of rotatable bonds is 6. The summed E-state index contributed by atoms with van der Waals surface area (Å²) in [6.45, 7) is 7.18. The number of hydrogen-bond acceptors (Lipinski definition) is 4. The van der Waals surface area contributed by atoms with E-state index in [1.54, 1.807) is 13.3 Å². The number of nitrogens with two attached hydrogens (primary N) is 1. The quantitative estimate of drug-likeness (QED) is 0.771. The van der Waals surface area contributed by atoms with Gasteiger partial charge >= 0.3 is 5.97 Å². The van der Waals surface area contributed by atoms with Gasteiger partial charge < -0.3 is 15.0 Å². The van der Waals surface area contributed by atoms with Crippen molar-refractivity contribution >= 4 is 11.8 Å². The number of aromatic nitrogens is 2. The van der Waals surface area contributed by atoms with E-state index < -0.39 is 5.97 Å². The molecule has 1 aromatic heterocycles. The molecule has 0 aliphatic heterocycles. The first-order valence-electron chi connectivity index (χ1n) is 6.11. The van der Waals surface area contributed by atoms with Gasteiger partial charge in [0.25, 0.3) is 0 Å². The van der Waals surface area contributed by atoms with Crippen molar-refractivity contribution in [3.63, 3.8) is 0 Å². The molecule has 0 aromatic carbocycles. The fourth-order valence-corrected chi connectivity index (χ4v) is 1.72. The van der Waals surface area contributed by atoms with Crippen molar-refractivity contribution in [2.24, 2.45) is 5.92 Å². The smallest absolute Gasteiger partial charge is 0.360 e. The van der Waals surface area contributed by atoms with Crippen LogP contribution >= 0.6 is 0 Å². The second kappa shape index (κ2) is 6.27. The normalized spacial score (nSPS) is 10.8. The minimum absolute atomic E-state index is 0.220. The van der Waals surface area contributed by atoms with E-state index in [2.05, 4.69) is 18.8 Å². The van der Waals surface area contributed by atoms with Crippen LogP contribution < -0.4 is 5.73 Å². The van der Waals surface area contributed by atoms with Gasteiger partial charge in [-0.15, -0.1) is 0 Å². The summed E-state index contributed by atoms with van der Waals surface area (Å²) in [6.07, 6.45) is 3.78. The van der Waals surface area contributed by atoms with Crippen molar-refractivity contribution in [1.82, 2.24) is 9.55 Å². The van der Waals surface area contributed by atoms with Gasteiger partial charge in [0.05, 0.1) is 12.9 Å². The number of hydrogen-bond donors (Lipinski definition) is 1. The summed E-state index contributed by atoms with van der Waals surface area (Å²) in [7, 11) is 0. The topological polar surface area (TPSA) is 70.1 Å². The van der Waals surface area contributed by atoms with E-state index in [4.69, 9.17) is 10.5 Å². The summed E-state index contributed by atoms with van der Waals surface area (Å²) in [5.41, 5.74) is 6.11. The van der Waals surface area contributed by atoms with Crippen LogP contribution in [0, 0.1) is 5.92 Å². The van der Waals surface area contributed by atoms with Crippen molar-refractivity contribution in [2.75, 3.05) is 12.3 Å². The van der Waals surface area contributed by atoms with Gasteiger partial charge in [-0.2, -0.15) is 0 Å². The fraction of sp³-hybridized carbons (Fsp3) is 0.667. The lowest BCUT2D eigenvalue weighted by atomic mass is 10.0. The van der Waals surface area contributed by atoms with Crippen molar-refractivity contribution in [2.45, 2.75) is 40.2 Å². The predicted molar refractivity (Wildman–Crippen MR) is 66.7 cm³/mol. The molecule has 0 fully saturated rings. The molecule has 2 N–H and O–H groups in total. The maximum absolute atomic E-state index is 11.5. The summed E-state index contributed by atoms with van der Waals surface area (Å²) in [6, 6.07) is 0. The second-order valence-corrected chi connectivity index (χ2v) is 4.03. The molecule has 1 heterocycles. The van der Waals surface area contributed by atoms with Crippen molar-refractivity contribution in [3.8, 4) is 0 Å². The van der Waals surface area contributed by atoms with Gasteiger partial charge in [0.15, 0.2) is 5.69 Å². The first-order chi connectivity index (χ1) is 8.13. The van der Waals surface area contributed by atoms with Crippen LogP contribution in [0.2, 0.25) is 0 Å². The van der Waals surface area contributed by atoms with E-state index in [-0.39, 0.29) is 5.69 Å². The Hall–Kier alpha value is -1.52. The van der Waals surface area contributed by atoms with E-state index in [1.807, 2.05) is 4.57 Å². The number of nitrogen functional groups attached to an aromatic ring is 1. The first kappa shape index (κ1) is 13.5. The molecule has 0 saturated heterocycles. The molecule has 0 saturated carbocycles. The van der Waals surface area contributed by atoms with E-state index in [1.165, 1.54) is 0 Å². The second-order valence-electron chi connectivity index (χ2n) is 4.03. The van der Waals surface area contributed by atoms with Gasteiger partial charge in [0.1, 0.15) is 5.82 Å². The maximum atomic E-state index is 11.5. The number of anilines is 1. The Morgan fingerprint density at radius 2 is 2.12 bits per heavy atom. The van der Waals surface area contributed by atoms with Gasteiger partial charge in [0, 0.05) is 6.54 Å². The Kier molecular flexibility index (Phi) is 5.00. The van der Waals surface area contributed by atoms with Gasteiger partial charge in [-0.1, -0.05) is 26.7 Å². The molecule has 0 radical (unpaired) electrons. The molecule has 96 valence electrons. The lowest BCUT2D eigenvalue weighted by Gasteiger charge is -2.13. The number of carbonyl (C=O) groups excluding carboxylic acids is 1. The highest BCUT2D eigenvalue weighted by Gasteiger charge is 2.17. The van der Waals surface area contributed by atoms with E-state index in [0.717, 1.165) is 19.4 Å². The number of nitrogens with zero attached hydrogens (tertiary/aromatic N) is 2. The van der Waals surface area contributed by atoms with Crippen LogP contribution in [0.5, 0.6) is 0 Å². The molecular formula is C12H21N3O2. The summed E-state index contributed by atoms with van der Waals surface area (Å²) in [5, 5.41) is 0. The van der Waals surface area contributed by atoms with E-state index in [9.17, 15) is 4.79 Å². The molecule has 0 amide bonds. The molecule has 0 unspecified atom stereocenters. The highest BCUT2D eigenvalue weighted by Crippen LogP contribution is 2.17. The molecule has 0 atom stereocenters. The van der Waals surface area contributed by atoms with Crippen molar-refractivity contribution in [1.29, 1.82) is 0 Å². The third-order valence-corrected chi connectivity index (χ3v) is 2.96.